The van der Waals surface area contributed by atoms with Crippen LogP contribution in [0.4, 0.5) is 4.39 Å². The van der Waals surface area contributed by atoms with E-state index in [2.05, 4.69) is 11.8 Å². The number of nitrogens with two attached hydrogens (primary N) is 1. The van der Waals surface area contributed by atoms with Gasteiger partial charge in [0.2, 0.25) is 0 Å². The molecule has 1 fully saturated rings. The Morgan fingerprint density at radius 3 is 2.94 bits per heavy atom. The molecule has 1 aromatic rings. The van der Waals surface area contributed by atoms with Crippen molar-refractivity contribution in [2.24, 2.45) is 5.73 Å². The highest BCUT2D eigenvalue weighted by atomic mass is 35.5. The Bertz CT molecular complexity index is 411. The summed E-state index contributed by atoms with van der Waals surface area (Å²) in [6, 6.07) is 5.24. The second-order valence-corrected chi connectivity index (χ2v) is 5.37. The number of piperidine rings is 1. The van der Waals surface area contributed by atoms with Crippen LogP contribution in [0.2, 0.25) is 5.02 Å². The van der Waals surface area contributed by atoms with E-state index in [4.69, 9.17) is 17.3 Å². The summed E-state index contributed by atoms with van der Waals surface area (Å²) in [5.74, 6) is -0.287. The Morgan fingerprint density at radius 2 is 2.28 bits per heavy atom. The highest BCUT2D eigenvalue weighted by Crippen LogP contribution is 2.32. The third-order valence-electron chi connectivity index (χ3n) is 3.85. The maximum absolute atomic E-state index is 13.1. The molecule has 0 radical (unpaired) electrons. The summed E-state index contributed by atoms with van der Waals surface area (Å²) in [5.41, 5.74) is 6.82. The Labute approximate surface area is 113 Å². The van der Waals surface area contributed by atoms with Gasteiger partial charge in [-0.15, -0.1) is 0 Å². The van der Waals surface area contributed by atoms with Gasteiger partial charge in [-0.2, -0.15) is 0 Å². The molecule has 100 valence electrons. The summed E-state index contributed by atoms with van der Waals surface area (Å²) >= 11 is 6.14. The van der Waals surface area contributed by atoms with E-state index in [1.807, 2.05) is 0 Å². The number of rotatable bonds is 3. The minimum Gasteiger partial charge on any atom is -0.329 e. The van der Waals surface area contributed by atoms with Crippen LogP contribution in [-0.4, -0.2) is 24.0 Å². The first-order valence-electron chi connectivity index (χ1n) is 6.54. The van der Waals surface area contributed by atoms with E-state index in [1.54, 1.807) is 6.07 Å². The molecule has 2 nitrogen and oxygen atoms in total. The molecule has 0 aliphatic carbocycles. The number of nitrogens with zero attached hydrogens (tertiary/aromatic N) is 1. The molecule has 0 saturated carbocycles. The summed E-state index contributed by atoms with van der Waals surface area (Å²) in [6.45, 7) is 3.83. The molecule has 1 heterocycles. The van der Waals surface area contributed by atoms with Crippen molar-refractivity contribution in [2.75, 3.05) is 13.1 Å². The number of likely N-dealkylation sites (tertiary alicyclic amines) is 1. The smallest absolute Gasteiger partial charge is 0.124 e. The van der Waals surface area contributed by atoms with Crippen LogP contribution in [-0.2, 0) is 0 Å². The first-order chi connectivity index (χ1) is 8.63. The molecule has 0 aromatic heterocycles. The quantitative estimate of drug-likeness (QED) is 0.913. The van der Waals surface area contributed by atoms with Crippen molar-refractivity contribution >= 4 is 11.6 Å². The average Bonchev–Trinajstić information content (AvgIpc) is 2.38. The fourth-order valence-corrected chi connectivity index (χ4v) is 3.13. The van der Waals surface area contributed by atoms with E-state index in [0.717, 1.165) is 18.5 Å². The second-order valence-electron chi connectivity index (χ2n) is 4.96. The molecule has 1 aromatic carbocycles. The molecular weight excluding hydrogens is 251 g/mol. The minimum absolute atomic E-state index is 0.187. The molecule has 4 heteroatoms. The molecule has 2 rings (SSSR count). The van der Waals surface area contributed by atoms with Crippen molar-refractivity contribution in [1.29, 1.82) is 0 Å². The lowest BCUT2D eigenvalue weighted by Gasteiger charge is -2.39. The SMILES string of the molecule is CC(c1ccc(F)cc1Cl)N1CCCCC1CN. The van der Waals surface area contributed by atoms with Crippen LogP contribution < -0.4 is 5.73 Å². The fraction of sp³-hybridized carbons (Fsp3) is 0.571. The molecule has 0 amide bonds. The highest BCUT2D eigenvalue weighted by molar-refractivity contribution is 6.31. The number of benzene rings is 1. The summed E-state index contributed by atoms with van der Waals surface area (Å²) in [5, 5.41) is 0.504. The van der Waals surface area contributed by atoms with Crippen LogP contribution in [0.5, 0.6) is 0 Å². The molecule has 1 saturated heterocycles. The first kappa shape index (κ1) is 13.8. The van der Waals surface area contributed by atoms with Crippen molar-refractivity contribution in [2.45, 2.75) is 38.3 Å². The van der Waals surface area contributed by atoms with E-state index < -0.39 is 0 Å². The Balaban J connectivity index is 2.20. The number of hydrogen-bond acceptors (Lipinski definition) is 2. The molecule has 2 atom stereocenters. The predicted octanol–water partition coefficient (Wildman–Crippen LogP) is 3.35. The van der Waals surface area contributed by atoms with Crippen molar-refractivity contribution in [1.82, 2.24) is 4.90 Å². The van der Waals surface area contributed by atoms with Gasteiger partial charge in [-0.05, 0) is 44.0 Å². The highest BCUT2D eigenvalue weighted by Gasteiger charge is 2.27. The van der Waals surface area contributed by atoms with Gasteiger partial charge in [0.05, 0.1) is 0 Å². The predicted molar refractivity (Wildman–Crippen MR) is 73.2 cm³/mol. The molecule has 1 aliphatic rings. The van der Waals surface area contributed by atoms with Crippen molar-refractivity contribution in [3.05, 3.63) is 34.6 Å². The van der Waals surface area contributed by atoms with Gasteiger partial charge in [-0.25, -0.2) is 4.39 Å². The lowest BCUT2D eigenvalue weighted by atomic mass is 9.97. The van der Waals surface area contributed by atoms with Gasteiger partial charge >= 0.3 is 0 Å². The lowest BCUT2D eigenvalue weighted by molar-refractivity contribution is 0.108. The van der Waals surface area contributed by atoms with E-state index in [-0.39, 0.29) is 11.9 Å². The van der Waals surface area contributed by atoms with Crippen LogP contribution >= 0.6 is 11.6 Å². The maximum atomic E-state index is 13.1. The maximum Gasteiger partial charge on any atom is 0.124 e. The van der Waals surface area contributed by atoms with Crippen molar-refractivity contribution in [3.63, 3.8) is 0 Å². The molecule has 2 N–H and O–H groups in total. The topological polar surface area (TPSA) is 29.3 Å². The van der Waals surface area contributed by atoms with Crippen molar-refractivity contribution in [3.8, 4) is 0 Å². The van der Waals surface area contributed by atoms with Gasteiger partial charge in [0, 0.05) is 23.7 Å². The van der Waals surface area contributed by atoms with Gasteiger partial charge in [0.15, 0.2) is 0 Å². The Kier molecular flexibility index (Phi) is 4.60. The normalized spacial score (nSPS) is 23.0. The van der Waals surface area contributed by atoms with E-state index in [0.29, 0.717) is 17.6 Å². The molecule has 1 aliphatic heterocycles. The Morgan fingerprint density at radius 1 is 1.50 bits per heavy atom. The zero-order valence-electron chi connectivity index (χ0n) is 10.7. The lowest BCUT2D eigenvalue weighted by Crippen LogP contribution is -2.45. The number of halogens is 2. The monoisotopic (exact) mass is 270 g/mol. The van der Waals surface area contributed by atoms with Gasteiger partial charge < -0.3 is 5.73 Å². The summed E-state index contributed by atoms with van der Waals surface area (Å²) in [7, 11) is 0. The van der Waals surface area contributed by atoms with Crippen LogP contribution in [0.15, 0.2) is 18.2 Å². The summed E-state index contributed by atoms with van der Waals surface area (Å²) in [6.07, 6.45) is 3.57. The van der Waals surface area contributed by atoms with E-state index in [9.17, 15) is 4.39 Å². The molecule has 0 bridgehead atoms. The van der Waals surface area contributed by atoms with E-state index >= 15 is 0 Å². The average molecular weight is 271 g/mol. The number of hydrogen-bond donors (Lipinski definition) is 1. The van der Waals surface area contributed by atoms with Gasteiger partial charge in [0.25, 0.3) is 0 Å². The molecule has 18 heavy (non-hydrogen) atoms. The van der Waals surface area contributed by atoms with Crippen LogP contribution in [0.3, 0.4) is 0 Å². The summed E-state index contributed by atoms with van der Waals surface area (Å²) < 4.78 is 13.1. The zero-order valence-corrected chi connectivity index (χ0v) is 11.5. The van der Waals surface area contributed by atoms with Crippen LogP contribution in [0.25, 0.3) is 0 Å². The second kappa shape index (κ2) is 6.00. The van der Waals surface area contributed by atoms with Gasteiger partial charge in [-0.3, -0.25) is 4.90 Å². The molecular formula is C14H20ClFN2. The minimum atomic E-state index is -0.287. The van der Waals surface area contributed by atoms with Crippen LogP contribution in [0, 0.1) is 5.82 Å². The fourth-order valence-electron chi connectivity index (χ4n) is 2.80. The van der Waals surface area contributed by atoms with E-state index in [1.165, 1.54) is 25.0 Å². The first-order valence-corrected chi connectivity index (χ1v) is 6.92. The third kappa shape index (κ3) is 2.85. The van der Waals surface area contributed by atoms with Gasteiger partial charge in [0.1, 0.15) is 5.82 Å². The third-order valence-corrected chi connectivity index (χ3v) is 4.18. The standard InChI is InChI=1S/C14H20ClFN2/c1-10(13-6-5-11(16)8-14(13)15)18-7-3-2-4-12(18)9-17/h5-6,8,10,12H,2-4,7,9,17H2,1H3. The van der Waals surface area contributed by atoms with Crippen LogP contribution in [0.1, 0.15) is 37.8 Å². The van der Waals surface area contributed by atoms with Gasteiger partial charge in [-0.1, -0.05) is 24.1 Å². The molecule has 2 unspecified atom stereocenters. The summed E-state index contributed by atoms with van der Waals surface area (Å²) in [4.78, 5) is 2.39. The zero-order chi connectivity index (χ0) is 13.1. The largest absolute Gasteiger partial charge is 0.329 e. The van der Waals surface area contributed by atoms with Crippen molar-refractivity contribution < 1.29 is 4.39 Å². The Hall–Kier alpha value is -0.640. The molecule has 0 spiro atoms.